The summed E-state index contributed by atoms with van der Waals surface area (Å²) in [6.45, 7) is 0.367. The lowest BCUT2D eigenvalue weighted by atomic mass is 10.1. The second-order valence-electron chi connectivity index (χ2n) is 4.47. The number of ether oxygens (including phenoxy) is 1. The fourth-order valence-electron chi connectivity index (χ4n) is 2.02. The van der Waals surface area contributed by atoms with Crippen LogP contribution in [0.4, 0.5) is 17.6 Å². The quantitative estimate of drug-likeness (QED) is 0.774. The van der Waals surface area contributed by atoms with Crippen LogP contribution in [-0.4, -0.2) is 37.0 Å². The van der Waals surface area contributed by atoms with Crippen molar-refractivity contribution in [2.45, 2.75) is 43.8 Å². The van der Waals surface area contributed by atoms with Crippen LogP contribution in [0.25, 0.3) is 0 Å². The summed E-state index contributed by atoms with van der Waals surface area (Å²) in [5.74, 6) is -6.27. The predicted octanol–water partition coefficient (Wildman–Crippen LogP) is 1.57. The molecule has 7 heteroatoms. The first-order chi connectivity index (χ1) is 7.93. The highest BCUT2D eigenvalue weighted by Gasteiger charge is 2.51. The normalized spacial score (nSPS) is 29.7. The van der Waals surface area contributed by atoms with Crippen LogP contribution in [-0.2, 0) is 9.53 Å². The summed E-state index contributed by atoms with van der Waals surface area (Å²) in [4.78, 5) is 11.1. The van der Waals surface area contributed by atoms with E-state index in [1.807, 2.05) is 5.32 Å². The zero-order chi connectivity index (χ0) is 12.6. The van der Waals surface area contributed by atoms with Gasteiger partial charge in [0.15, 0.2) is 0 Å². The molecule has 2 unspecified atom stereocenters. The molecule has 0 radical (unpaired) electrons. The third-order valence-corrected chi connectivity index (χ3v) is 3.12. The van der Waals surface area contributed by atoms with Gasteiger partial charge in [-0.1, -0.05) is 0 Å². The Hall–Kier alpha value is -0.850. The number of carbonyl (C=O) groups is 1. The molecule has 1 N–H and O–H groups in total. The predicted molar refractivity (Wildman–Crippen MR) is 50.0 cm³/mol. The Morgan fingerprint density at radius 2 is 1.94 bits per heavy atom. The Morgan fingerprint density at radius 3 is 2.47 bits per heavy atom. The number of hydrogen-bond acceptors (Lipinski definition) is 2. The minimum atomic E-state index is -4.63. The van der Waals surface area contributed by atoms with Gasteiger partial charge in [-0.25, -0.2) is 8.78 Å². The lowest BCUT2D eigenvalue weighted by Crippen LogP contribution is -2.51. The van der Waals surface area contributed by atoms with E-state index in [1.54, 1.807) is 0 Å². The minimum Gasteiger partial charge on any atom is -0.376 e. The fraction of sp³-hybridized carbons (Fsp3) is 0.900. The van der Waals surface area contributed by atoms with Crippen molar-refractivity contribution in [3.05, 3.63) is 0 Å². The minimum absolute atomic E-state index is 0.267. The van der Waals surface area contributed by atoms with Crippen molar-refractivity contribution >= 4 is 5.91 Å². The topological polar surface area (TPSA) is 38.3 Å². The number of hydrogen-bond donors (Lipinski definition) is 1. The van der Waals surface area contributed by atoms with Crippen molar-refractivity contribution < 1.29 is 27.1 Å². The van der Waals surface area contributed by atoms with E-state index >= 15 is 0 Å². The van der Waals surface area contributed by atoms with Gasteiger partial charge in [-0.05, 0) is 25.2 Å². The molecule has 2 fully saturated rings. The molecule has 1 saturated carbocycles. The Morgan fingerprint density at radius 1 is 1.29 bits per heavy atom. The zero-order valence-corrected chi connectivity index (χ0v) is 8.97. The van der Waals surface area contributed by atoms with Gasteiger partial charge in [0.25, 0.3) is 5.91 Å². The average Bonchev–Trinajstić information content (AvgIpc) is 2.99. The third-order valence-electron chi connectivity index (χ3n) is 3.12. The van der Waals surface area contributed by atoms with Crippen LogP contribution < -0.4 is 5.32 Å². The maximum Gasteiger partial charge on any atom is 0.383 e. The van der Waals surface area contributed by atoms with Crippen LogP contribution >= 0.6 is 0 Å². The van der Waals surface area contributed by atoms with E-state index in [1.165, 1.54) is 0 Å². The van der Waals surface area contributed by atoms with Gasteiger partial charge in [0.1, 0.15) is 0 Å². The number of amides is 1. The van der Waals surface area contributed by atoms with E-state index in [2.05, 4.69) is 0 Å². The summed E-state index contributed by atoms with van der Waals surface area (Å²) in [6, 6.07) is -0.570. The molecule has 0 spiro atoms. The smallest absolute Gasteiger partial charge is 0.376 e. The lowest BCUT2D eigenvalue weighted by Gasteiger charge is -2.22. The molecule has 2 aliphatic rings. The molecule has 2 atom stereocenters. The monoisotopic (exact) mass is 255 g/mol. The number of alkyl halides is 4. The Labute approximate surface area is 95.5 Å². The summed E-state index contributed by atoms with van der Waals surface area (Å²) < 4.78 is 54.7. The van der Waals surface area contributed by atoms with E-state index in [9.17, 15) is 22.4 Å². The van der Waals surface area contributed by atoms with Gasteiger partial charge in [-0.2, -0.15) is 8.78 Å². The van der Waals surface area contributed by atoms with Crippen molar-refractivity contribution in [3.63, 3.8) is 0 Å². The van der Waals surface area contributed by atoms with Gasteiger partial charge < -0.3 is 10.1 Å². The molecule has 0 bridgehead atoms. The molecule has 3 nitrogen and oxygen atoms in total. The highest BCUT2D eigenvalue weighted by atomic mass is 19.3. The standard InChI is InChI=1S/C10H13F4NO2/c11-8(12)10(13,14)9(16)15-6-3-4-17-7(6)5-1-2-5/h5-8H,1-4H2,(H,15,16). The zero-order valence-electron chi connectivity index (χ0n) is 8.97. The van der Waals surface area contributed by atoms with Crippen LogP contribution in [0.3, 0.4) is 0 Å². The Kier molecular flexibility index (Phi) is 3.29. The molecule has 1 heterocycles. The second kappa shape index (κ2) is 4.44. The van der Waals surface area contributed by atoms with Gasteiger partial charge in [-0.15, -0.1) is 0 Å². The van der Waals surface area contributed by atoms with E-state index in [0.29, 0.717) is 13.0 Å². The van der Waals surface area contributed by atoms with Gasteiger partial charge in [0, 0.05) is 6.61 Å². The highest BCUT2D eigenvalue weighted by molar-refractivity contribution is 5.84. The highest BCUT2D eigenvalue weighted by Crippen LogP contribution is 2.39. The molecular formula is C10H13F4NO2. The lowest BCUT2D eigenvalue weighted by molar-refractivity contribution is -0.170. The first-order valence-corrected chi connectivity index (χ1v) is 5.51. The van der Waals surface area contributed by atoms with Crippen LogP contribution in [0, 0.1) is 5.92 Å². The summed E-state index contributed by atoms with van der Waals surface area (Å²) in [5, 5.41) is 1.98. The molecule has 1 aliphatic heterocycles. The fourth-order valence-corrected chi connectivity index (χ4v) is 2.02. The molecule has 1 saturated heterocycles. The van der Waals surface area contributed by atoms with E-state index in [-0.39, 0.29) is 12.0 Å². The van der Waals surface area contributed by atoms with E-state index in [0.717, 1.165) is 12.8 Å². The van der Waals surface area contributed by atoms with Gasteiger partial charge in [-0.3, -0.25) is 4.79 Å². The molecule has 0 aromatic carbocycles. The summed E-state index contributed by atoms with van der Waals surface area (Å²) in [7, 11) is 0. The van der Waals surface area contributed by atoms with Gasteiger partial charge in [0.2, 0.25) is 0 Å². The molecule has 0 aromatic rings. The number of halogens is 4. The van der Waals surface area contributed by atoms with Crippen LogP contribution in [0.2, 0.25) is 0 Å². The Bertz CT molecular complexity index is 307. The summed E-state index contributed by atoms with van der Waals surface area (Å²) >= 11 is 0. The third kappa shape index (κ3) is 2.53. The first-order valence-electron chi connectivity index (χ1n) is 5.51. The molecule has 1 aliphatic carbocycles. The van der Waals surface area contributed by atoms with Gasteiger partial charge >= 0.3 is 12.3 Å². The van der Waals surface area contributed by atoms with Crippen LogP contribution in [0.1, 0.15) is 19.3 Å². The molecule has 2 rings (SSSR count). The van der Waals surface area contributed by atoms with Crippen LogP contribution in [0.15, 0.2) is 0 Å². The summed E-state index contributed by atoms with van der Waals surface area (Å²) in [6.07, 6.45) is -2.02. The molecular weight excluding hydrogens is 242 g/mol. The number of nitrogens with one attached hydrogen (secondary N) is 1. The van der Waals surface area contributed by atoms with Crippen molar-refractivity contribution in [2.75, 3.05) is 6.61 Å². The van der Waals surface area contributed by atoms with Crippen molar-refractivity contribution in [1.29, 1.82) is 0 Å². The maximum absolute atomic E-state index is 12.7. The largest absolute Gasteiger partial charge is 0.383 e. The average molecular weight is 255 g/mol. The van der Waals surface area contributed by atoms with Gasteiger partial charge in [0.05, 0.1) is 12.1 Å². The molecule has 1 amide bonds. The van der Waals surface area contributed by atoms with Crippen molar-refractivity contribution in [1.82, 2.24) is 5.32 Å². The van der Waals surface area contributed by atoms with Crippen LogP contribution in [0.5, 0.6) is 0 Å². The summed E-state index contributed by atoms with van der Waals surface area (Å²) in [5.41, 5.74) is 0. The molecule has 17 heavy (non-hydrogen) atoms. The van der Waals surface area contributed by atoms with Crippen molar-refractivity contribution in [2.24, 2.45) is 5.92 Å². The Balaban J connectivity index is 1.93. The molecule has 98 valence electrons. The van der Waals surface area contributed by atoms with Crippen molar-refractivity contribution in [3.8, 4) is 0 Å². The second-order valence-corrected chi connectivity index (χ2v) is 4.47. The SMILES string of the molecule is O=C(NC1CCOC1C1CC1)C(F)(F)C(F)F. The number of carbonyl (C=O) groups excluding carboxylic acids is 1. The molecule has 0 aromatic heterocycles. The van der Waals surface area contributed by atoms with E-state index in [4.69, 9.17) is 4.74 Å². The number of rotatable bonds is 4. The van der Waals surface area contributed by atoms with E-state index < -0.39 is 24.3 Å². The first kappa shape index (κ1) is 12.6. The maximum atomic E-state index is 12.7.